The highest BCUT2D eigenvalue weighted by Gasteiger charge is 2.39. The van der Waals surface area contributed by atoms with Crippen LogP contribution < -0.4 is 20.9 Å². The fraction of sp³-hybridized carbons (Fsp3) is 0.375. The Kier molecular flexibility index (Phi) is 5.78. The largest absolute Gasteiger partial charge is 0.351 e. The van der Waals surface area contributed by atoms with Crippen LogP contribution in [0.4, 0.5) is 11.4 Å². The molecule has 0 spiro atoms. The molecule has 0 saturated heterocycles. The smallest absolute Gasteiger partial charge is 0.251 e. The summed E-state index contributed by atoms with van der Waals surface area (Å²) in [6.07, 6.45) is 1.87. The van der Waals surface area contributed by atoms with Crippen molar-refractivity contribution >= 4 is 29.1 Å². The molecule has 162 valence electrons. The molecule has 1 aliphatic carbocycles. The number of hydrogen-bond donors (Lipinski definition) is 2. The first-order chi connectivity index (χ1) is 14.9. The summed E-state index contributed by atoms with van der Waals surface area (Å²) < 4.78 is 0. The molecule has 0 bridgehead atoms. The predicted molar refractivity (Wildman–Crippen MR) is 121 cm³/mol. The number of nitrogens with two attached hydrogens (primary N) is 1. The maximum atomic E-state index is 13.0. The van der Waals surface area contributed by atoms with Crippen molar-refractivity contribution in [2.45, 2.75) is 32.7 Å². The lowest BCUT2D eigenvalue weighted by Gasteiger charge is -2.41. The van der Waals surface area contributed by atoms with Crippen LogP contribution in [0.1, 0.15) is 37.0 Å². The number of carbonyl (C=O) groups excluding carboxylic acids is 3. The van der Waals surface area contributed by atoms with E-state index >= 15 is 0 Å². The average molecular weight is 421 g/mol. The van der Waals surface area contributed by atoms with Gasteiger partial charge in [-0.05, 0) is 55.2 Å². The molecule has 2 aromatic rings. The van der Waals surface area contributed by atoms with Crippen LogP contribution in [0.2, 0.25) is 0 Å². The van der Waals surface area contributed by atoms with E-state index in [1.165, 1.54) is 0 Å². The first-order valence-corrected chi connectivity index (χ1v) is 10.7. The minimum absolute atomic E-state index is 0.0344. The minimum Gasteiger partial charge on any atom is -0.351 e. The van der Waals surface area contributed by atoms with Crippen LogP contribution in [0.25, 0.3) is 11.1 Å². The number of amides is 3. The number of carbonyl (C=O) groups is 3. The number of benzene rings is 2. The van der Waals surface area contributed by atoms with Crippen LogP contribution in [-0.2, 0) is 9.59 Å². The van der Waals surface area contributed by atoms with E-state index in [0.717, 1.165) is 35.3 Å². The summed E-state index contributed by atoms with van der Waals surface area (Å²) in [4.78, 5) is 41.0. The lowest BCUT2D eigenvalue weighted by atomic mass is 9.99. The highest BCUT2D eigenvalue weighted by atomic mass is 16.2. The summed E-state index contributed by atoms with van der Waals surface area (Å²) >= 11 is 0. The van der Waals surface area contributed by atoms with Gasteiger partial charge in [-0.15, -0.1) is 0 Å². The van der Waals surface area contributed by atoms with Crippen LogP contribution in [-0.4, -0.2) is 43.4 Å². The molecule has 3 amide bonds. The Hall–Kier alpha value is -3.19. The van der Waals surface area contributed by atoms with Gasteiger partial charge in [-0.3, -0.25) is 14.4 Å². The summed E-state index contributed by atoms with van der Waals surface area (Å²) in [6, 6.07) is 13.1. The summed E-state index contributed by atoms with van der Waals surface area (Å²) in [7, 11) is 0. The van der Waals surface area contributed by atoms with E-state index < -0.39 is 0 Å². The van der Waals surface area contributed by atoms with Gasteiger partial charge >= 0.3 is 0 Å². The third-order valence-electron chi connectivity index (χ3n) is 5.86. The molecular weight excluding hydrogens is 392 g/mol. The Balaban J connectivity index is 1.68. The average Bonchev–Trinajstić information content (AvgIpc) is 3.61. The number of fused-ring (bicyclic) bond motifs is 1. The van der Waals surface area contributed by atoms with Gasteiger partial charge in [0.05, 0.1) is 17.4 Å². The van der Waals surface area contributed by atoms with E-state index in [2.05, 4.69) is 5.32 Å². The van der Waals surface area contributed by atoms with Gasteiger partial charge in [0, 0.05) is 38.0 Å². The topological polar surface area (TPSA) is 95.7 Å². The number of nitrogens with one attached hydrogen (secondary N) is 1. The van der Waals surface area contributed by atoms with Gasteiger partial charge in [0.15, 0.2) is 0 Å². The quantitative estimate of drug-likeness (QED) is 0.777. The molecule has 1 fully saturated rings. The minimum atomic E-state index is -0.158. The van der Waals surface area contributed by atoms with Gasteiger partial charge in [-0.25, -0.2) is 0 Å². The molecule has 0 aromatic heterocycles. The van der Waals surface area contributed by atoms with Crippen molar-refractivity contribution < 1.29 is 14.4 Å². The lowest BCUT2D eigenvalue weighted by Crippen LogP contribution is -2.51. The fourth-order valence-corrected chi connectivity index (χ4v) is 4.15. The second kappa shape index (κ2) is 8.51. The summed E-state index contributed by atoms with van der Waals surface area (Å²) in [5.74, 6) is 0.0434. The molecule has 1 aliphatic heterocycles. The second-order valence-electron chi connectivity index (χ2n) is 8.29. The van der Waals surface area contributed by atoms with Crippen LogP contribution in [0, 0.1) is 5.92 Å². The predicted octanol–water partition coefficient (Wildman–Crippen LogP) is 2.54. The Bertz CT molecular complexity index is 1010. The first-order valence-electron chi connectivity index (χ1n) is 10.7. The van der Waals surface area contributed by atoms with Gasteiger partial charge in [-0.1, -0.05) is 18.2 Å². The van der Waals surface area contributed by atoms with E-state index in [9.17, 15) is 14.4 Å². The lowest BCUT2D eigenvalue weighted by molar-refractivity contribution is -0.120. The van der Waals surface area contributed by atoms with Crippen molar-refractivity contribution in [2.75, 3.05) is 29.4 Å². The van der Waals surface area contributed by atoms with Crippen LogP contribution in [0.5, 0.6) is 0 Å². The monoisotopic (exact) mass is 420 g/mol. The summed E-state index contributed by atoms with van der Waals surface area (Å²) in [5.41, 5.74) is 9.40. The Morgan fingerprint density at radius 3 is 2.32 bits per heavy atom. The first kappa shape index (κ1) is 21.1. The maximum Gasteiger partial charge on any atom is 0.251 e. The number of nitrogens with zero attached hydrogens (tertiary/aromatic N) is 2. The summed E-state index contributed by atoms with van der Waals surface area (Å²) in [6.45, 7) is 4.85. The molecule has 3 N–H and O–H groups in total. The van der Waals surface area contributed by atoms with Gasteiger partial charge in [0.2, 0.25) is 11.8 Å². The SMILES string of the molecule is CC(=O)N1c2ccc(-c3ccc(C(=O)NCCN)cc3)cc2N(C(=O)C2CC2)C[C@@H]1C. The van der Waals surface area contributed by atoms with E-state index in [4.69, 9.17) is 5.73 Å². The van der Waals surface area contributed by atoms with Gasteiger partial charge in [-0.2, -0.15) is 0 Å². The molecule has 1 heterocycles. The van der Waals surface area contributed by atoms with Crippen molar-refractivity contribution in [1.82, 2.24) is 5.32 Å². The highest BCUT2D eigenvalue weighted by Crippen LogP contribution is 2.42. The van der Waals surface area contributed by atoms with Crippen molar-refractivity contribution in [3.63, 3.8) is 0 Å². The second-order valence-corrected chi connectivity index (χ2v) is 8.29. The van der Waals surface area contributed by atoms with E-state index in [0.29, 0.717) is 25.2 Å². The van der Waals surface area contributed by atoms with E-state index in [1.54, 1.807) is 24.0 Å². The van der Waals surface area contributed by atoms with Crippen LogP contribution >= 0.6 is 0 Å². The van der Waals surface area contributed by atoms with Crippen molar-refractivity contribution in [3.8, 4) is 11.1 Å². The molecule has 31 heavy (non-hydrogen) atoms. The normalized spacial score (nSPS) is 17.8. The third kappa shape index (κ3) is 4.18. The number of anilines is 2. The van der Waals surface area contributed by atoms with Gasteiger partial charge in [0.1, 0.15) is 0 Å². The molecule has 0 radical (unpaired) electrons. The Morgan fingerprint density at radius 2 is 1.71 bits per heavy atom. The standard InChI is InChI=1S/C24H28N4O3/c1-15-14-27(24(31)19-7-8-19)22-13-20(9-10-21(22)28(15)16(2)29)17-3-5-18(6-4-17)23(30)26-12-11-25/h3-6,9-10,13,15,19H,7-8,11-12,14,25H2,1-2H3,(H,26,30)/t15-/m0/s1. The molecule has 1 atom stereocenters. The molecule has 2 aromatic carbocycles. The molecular formula is C24H28N4O3. The van der Waals surface area contributed by atoms with Crippen LogP contribution in [0.3, 0.4) is 0 Å². The van der Waals surface area contributed by atoms with Crippen molar-refractivity contribution in [3.05, 3.63) is 48.0 Å². The zero-order chi connectivity index (χ0) is 22.1. The molecule has 7 nitrogen and oxygen atoms in total. The maximum absolute atomic E-state index is 13.0. The number of rotatable bonds is 5. The van der Waals surface area contributed by atoms with Crippen molar-refractivity contribution in [2.24, 2.45) is 11.7 Å². The zero-order valence-corrected chi connectivity index (χ0v) is 17.9. The van der Waals surface area contributed by atoms with E-state index in [-0.39, 0.29) is 29.7 Å². The molecule has 0 unspecified atom stereocenters. The Labute approximate surface area is 182 Å². The van der Waals surface area contributed by atoms with Crippen LogP contribution in [0.15, 0.2) is 42.5 Å². The van der Waals surface area contributed by atoms with E-state index in [1.807, 2.05) is 42.2 Å². The molecule has 4 rings (SSSR count). The van der Waals surface area contributed by atoms with Crippen molar-refractivity contribution in [1.29, 1.82) is 0 Å². The fourth-order valence-electron chi connectivity index (χ4n) is 4.15. The summed E-state index contributed by atoms with van der Waals surface area (Å²) in [5, 5.41) is 2.76. The zero-order valence-electron chi connectivity index (χ0n) is 17.9. The third-order valence-corrected chi connectivity index (χ3v) is 5.86. The molecule has 7 heteroatoms. The van der Waals surface area contributed by atoms with Gasteiger partial charge in [0.25, 0.3) is 5.91 Å². The highest BCUT2D eigenvalue weighted by molar-refractivity contribution is 6.06. The molecule has 2 aliphatic rings. The molecule has 1 saturated carbocycles. The Morgan fingerprint density at radius 1 is 1.03 bits per heavy atom. The van der Waals surface area contributed by atoms with Gasteiger partial charge < -0.3 is 20.9 Å². The number of hydrogen-bond acceptors (Lipinski definition) is 4.